The number of benzene rings is 1. The Morgan fingerprint density at radius 3 is 2.26 bits per heavy atom. The summed E-state index contributed by atoms with van der Waals surface area (Å²) in [6.45, 7) is 6.89. The summed E-state index contributed by atoms with van der Waals surface area (Å²) in [4.78, 5) is 9.41. The van der Waals surface area contributed by atoms with Crippen LogP contribution < -0.4 is 0 Å². The number of halogens is 1. The van der Waals surface area contributed by atoms with Crippen LogP contribution in [0.3, 0.4) is 0 Å². The molecule has 1 aliphatic carbocycles. The number of aryl methyl sites for hydroxylation is 1. The lowest BCUT2D eigenvalue weighted by Gasteiger charge is -2.32. The molecule has 1 unspecified atom stereocenters. The molecule has 3 heteroatoms. The fourth-order valence-corrected chi connectivity index (χ4v) is 5.38. The molecule has 1 atom stereocenters. The van der Waals surface area contributed by atoms with Crippen LogP contribution in [-0.2, 0) is 6.42 Å². The van der Waals surface area contributed by atoms with Crippen molar-refractivity contribution in [2.24, 2.45) is 11.8 Å². The SMILES string of the molecule is CCCCCc1ccc(-c2ncc(C(C)C3CCC(CCCCC)CC3)cn2)cc1Cl. The Bertz CT molecular complexity index is 778. The number of rotatable bonds is 11. The fraction of sp³-hybridized carbons (Fsp3) is 0.643. The highest BCUT2D eigenvalue weighted by Crippen LogP contribution is 2.39. The minimum absolute atomic E-state index is 0.537. The second kappa shape index (κ2) is 12.6. The van der Waals surface area contributed by atoms with Crippen LogP contribution in [0.1, 0.15) is 108 Å². The van der Waals surface area contributed by atoms with Crippen molar-refractivity contribution in [1.82, 2.24) is 9.97 Å². The smallest absolute Gasteiger partial charge is 0.159 e. The fourth-order valence-electron chi connectivity index (χ4n) is 5.11. The zero-order valence-electron chi connectivity index (χ0n) is 19.9. The lowest BCUT2D eigenvalue weighted by Crippen LogP contribution is -2.19. The van der Waals surface area contributed by atoms with Crippen molar-refractivity contribution in [3.63, 3.8) is 0 Å². The van der Waals surface area contributed by atoms with Crippen LogP contribution in [0.15, 0.2) is 30.6 Å². The Labute approximate surface area is 195 Å². The van der Waals surface area contributed by atoms with E-state index in [4.69, 9.17) is 21.6 Å². The van der Waals surface area contributed by atoms with E-state index in [1.54, 1.807) is 0 Å². The molecular weight excluding hydrogens is 400 g/mol. The summed E-state index contributed by atoms with van der Waals surface area (Å²) in [5, 5.41) is 0.838. The zero-order chi connectivity index (χ0) is 22.1. The Morgan fingerprint density at radius 1 is 0.935 bits per heavy atom. The first kappa shape index (κ1) is 24.2. The van der Waals surface area contributed by atoms with Gasteiger partial charge in [0.05, 0.1) is 0 Å². The topological polar surface area (TPSA) is 25.8 Å². The molecular formula is C28H41ClN2. The van der Waals surface area contributed by atoms with Crippen LogP contribution in [0.2, 0.25) is 5.02 Å². The van der Waals surface area contributed by atoms with Gasteiger partial charge in [-0.15, -0.1) is 0 Å². The maximum Gasteiger partial charge on any atom is 0.159 e. The van der Waals surface area contributed by atoms with Gasteiger partial charge in [0.1, 0.15) is 0 Å². The molecule has 1 aromatic heterocycles. The van der Waals surface area contributed by atoms with Gasteiger partial charge in [-0.1, -0.05) is 95.9 Å². The van der Waals surface area contributed by atoms with Crippen molar-refractivity contribution in [3.05, 3.63) is 46.7 Å². The van der Waals surface area contributed by atoms with Crippen molar-refractivity contribution in [2.45, 2.75) is 104 Å². The largest absolute Gasteiger partial charge is 0.236 e. The minimum atomic E-state index is 0.537. The second-order valence-electron chi connectivity index (χ2n) is 9.67. The summed E-state index contributed by atoms with van der Waals surface area (Å²) < 4.78 is 0. The summed E-state index contributed by atoms with van der Waals surface area (Å²) in [7, 11) is 0. The Hall–Kier alpha value is -1.41. The van der Waals surface area contributed by atoms with Crippen LogP contribution in [0, 0.1) is 11.8 Å². The lowest BCUT2D eigenvalue weighted by molar-refractivity contribution is 0.236. The van der Waals surface area contributed by atoms with Crippen LogP contribution in [0.4, 0.5) is 0 Å². The molecule has 1 aliphatic rings. The molecule has 0 radical (unpaired) electrons. The van der Waals surface area contributed by atoms with Gasteiger partial charge in [0, 0.05) is 23.0 Å². The third kappa shape index (κ3) is 7.04. The van der Waals surface area contributed by atoms with Gasteiger partial charge >= 0.3 is 0 Å². The molecule has 0 spiro atoms. The summed E-state index contributed by atoms with van der Waals surface area (Å²) in [6, 6.07) is 6.29. The Balaban J connectivity index is 1.56. The normalized spacial score (nSPS) is 20.0. The highest BCUT2D eigenvalue weighted by Gasteiger charge is 2.26. The van der Waals surface area contributed by atoms with Crippen LogP contribution >= 0.6 is 11.6 Å². The molecule has 2 aromatic rings. The molecule has 2 nitrogen and oxygen atoms in total. The minimum Gasteiger partial charge on any atom is -0.236 e. The Morgan fingerprint density at radius 2 is 1.61 bits per heavy atom. The molecule has 0 amide bonds. The van der Waals surface area contributed by atoms with Gasteiger partial charge in [-0.3, -0.25) is 0 Å². The van der Waals surface area contributed by atoms with Crippen LogP contribution in [-0.4, -0.2) is 9.97 Å². The maximum atomic E-state index is 6.54. The van der Waals surface area contributed by atoms with E-state index in [2.05, 4.69) is 32.9 Å². The third-order valence-corrected chi connectivity index (χ3v) is 7.72. The van der Waals surface area contributed by atoms with E-state index in [9.17, 15) is 0 Å². The number of unbranched alkanes of at least 4 members (excludes halogenated alkanes) is 4. The number of nitrogens with zero attached hydrogens (tertiary/aromatic N) is 2. The molecule has 0 saturated heterocycles. The summed E-state index contributed by atoms with van der Waals surface area (Å²) in [5.41, 5.74) is 3.52. The molecule has 0 N–H and O–H groups in total. The molecule has 0 bridgehead atoms. The molecule has 1 fully saturated rings. The first-order chi connectivity index (χ1) is 15.1. The van der Waals surface area contributed by atoms with Crippen molar-refractivity contribution in [2.75, 3.05) is 0 Å². The van der Waals surface area contributed by atoms with Crippen LogP contribution in [0.5, 0.6) is 0 Å². The standard InChI is InChI=1S/C28H41ClN2/c1-4-6-8-10-22-12-14-23(15-13-22)21(3)26-19-30-28(31-20-26)25-17-16-24(27(29)18-25)11-9-7-5-2/h16-23H,4-15H2,1-3H3. The number of aromatic nitrogens is 2. The van der Waals surface area contributed by atoms with E-state index in [-0.39, 0.29) is 0 Å². The predicted octanol–water partition coefficient (Wildman–Crippen LogP) is 9.02. The first-order valence-electron chi connectivity index (χ1n) is 12.7. The quantitative estimate of drug-likeness (QED) is 0.325. The predicted molar refractivity (Wildman–Crippen MR) is 134 cm³/mol. The first-order valence-corrected chi connectivity index (χ1v) is 13.1. The van der Waals surface area contributed by atoms with Gasteiger partial charge in [0.15, 0.2) is 5.82 Å². The number of hydrogen-bond acceptors (Lipinski definition) is 2. The monoisotopic (exact) mass is 440 g/mol. The molecule has 1 aromatic carbocycles. The average Bonchev–Trinajstić information content (AvgIpc) is 2.80. The van der Waals surface area contributed by atoms with Gasteiger partial charge in [-0.25, -0.2) is 9.97 Å². The van der Waals surface area contributed by atoms with Crippen molar-refractivity contribution in [3.8, 4) is 11.4 Å². The summed E-state index contributed by atoms with van der Waals surface area (Å²) >= 11 is 6.54. The van der Waals surface area contributed by atoms with E-state index in [0.29, 0.717) is 5.92 Å². The van der Waals surface area contributed by atoms with Gasteiger partial charge in [-0.05, 0) is 60.6 Å². The molecule has 1 heterocycles. The molecule has 0 aliphatic heterocycles. The maximum absolute atomic E-state index is 6.54. The van der Waals surface area contributed by atoms with Crippen LogP contribution in [0.25, 0.3) is 11.4 Å². The van der Waals surface area contributed by atoms with E-state index in [0.717, 1.165) is 34.7 Å². The van der Waals surface area contributed by atoms with E-state index in [1.165, 1.54) is 81.8 Å². The van der Waals surface area contributed by atoms with E-state index < -0.39 is 0 Å². The van der Waals surface area contributed by atoms with Crippen molar-refractivity contribution >= 4 is 11.6 Å². The number of hydrogen-bond donors (Lipinski definition) is 0. The summed E-state index contributed by atoms with van der Waals surface area (Å²) in [6.07, 6.45) is 19.9. The third-order valence-electron chi connectivity index (χ3n) is 7.37. The van der Waals surface area contributed by atoms with Crippen molar-refractivity contribution < 1.29 is 0 Å². The molecule has 1 saturated carbocycles. The Kier molecular flexibility index (Phi) is 9.84. The molecule has 170 valence electrons. The summed E-state index contributed by atoms with van der Waals surface area (Å²) in [5.74, 6) is 3.05. The van der Waals surface area contributed by atoms with E-state index in [1.807, 2.05) is 18.5 Å². The van der Waals surface area contributed by atoms with Gasteiger partial charge in [-0.2, -0.15) is 0 Å². The zero-order valence-corrected chi connectivity index (χ0v) is 20.6. The lowest BCUT2D eigenvalue weighted by atomic mass is 9.73. The molecule has 3 rings (SSSR count). The average molecular weight is 441 g/mol. The van der Waals surface area contributed by atoms with Crippen molar-refractivity contribution in [1.29, 1.82) is 0 Å². The van der Waals surface area contributed by atoms with Gasteiger partial charge in [0.2, 0.25) is 0 Å². The molecule has 31 heavy (non-hydrogen) atoms. The van der Waals surface area contributed by atoms with Gasteiger partial charge in [0.25, 0.3) is 0 Å². The van der Waals surface area contributed by atoms with Gasteiger partial charge < -0.3 is 0 Å². The highest BCUT2D eigenvalue weighted by molar-refractivity contribution is 6.31. The highest BCUT2D eigenvalue weighted by atomic mass is 35.5. The van der Waals surface area contributed by atoms with E-state index >= 15 is 0 Å². The second-order valence-corrected chi connectivity index (χ2v) is 10.1.